The molecule has 0 heterocycles. The first kappa shape index (κ1) is 16.9. The molecule has 4 aromatic rings. The molecule has 27 heavy (non-hydrogen) atoms. The van der Waals surface area contributed by atoms with Gasteiger partial charge in [-0.2, -0.15) is 0 Å². The van der Waals surface area contributed by atoms with Gasteiger partial charge in [0.1, 0.15) is 5.75 Å². The van der Waals surface area contributed by atoms with Gasteiger partial charge in [-0.05, 0) is 33.9 Å². The molecule has 0 bridgehead atoms. The van der Waals surface area contributed by atoms with Crippen molar-refractivity contribution in [3.63, 3.8) is 0 Å². The molecular formula is C26H20O. The van der Waals surface area contributed by atoms with Crippen molar-refractivity contribution in [2.75, 3.05) is 0 Å². The molecule has 0 aliphatic carbocycles. The van der Waals surface area contributed by atoms with Gasteiger partial charge in [0.25, 0.3) is 0 Å². The molecule has 0 atom stereocenters. The van der Waals surface area contributed by atoms with E-state index in [1.165, 1.54) is 0 Å². The van der Waals surface area contributed by atoms with Gasteiger partial charge in [0, 0.05) is 11.1 Å². The van der Waals surface area contributed by atoms with Gasteiger partial charge in [0.2, 0.25) is 0 Å². The lowest BCUT2D eigenvalue weighted by Gasteiger charge is -2.18. The first-order valence-electron chi connectivity index (χ1n) is 8.98. The third-order valence-corrected chi connectivity index (χ3v) is 4.78. The number of phenols is 1. The average molecular weight is 348 g/mol. The van der Waals surface area contributed by atoms with E-state index in [9.17, 15) is 5.11 Å². The SMILES string of the molecule is C=Cc1c(-c2ccccc2)cc(-c2ccccc2)c(O)c1-c1ccccc1. The molecule has 0 aliphatic rings. The molecule has 1 heteroatoms. The van der Waals surface area contributed by atoms with Crippen LogP contribution in [0.15, 0.2) is 104 Å². The molecule has 0 spiro atoms. The molecule has 130 valence electrons. The molecule has 0 saturated heterocycles. The van der Waals surface area contributed by atoms with Crippen LogP contribution in [0, 0.1) is 0 Å². The van der Waals surface area contributed by atoms with Crippen LogP contribution in [0.1, 0.15) is 5.56 Å². The van der Waals surface area contributed by atoms with Crippen LogP contribution in [-0.4, -0.2) is 5.11 Å². The van der Waals surface area contributed by atoms with Crippen molar-refractivity contribution < 1.29 is 5.11 Å². The Hall–Kier alpha value is -3.58. The van der Waals surface area contributed by atoms with Crippen LogP contribution < -0.4 is 0 Å². The zero-order valence-electron chi connectivity index (χ0n) is 15.0. The number of aromatic hydroxyl groups is 1. The van der Waals surface area contributed by atoms with Crippen molar-refractivity contribution in [2.45, 2.75) is 0 Å². The van der Waals surface area contributed by atoms with Crippen LogP contribution in [0.2, 0.25) is 0 Å². The summed E-state index contributed by atoms with van der Waals surface area (Å²) in [6.45, 7) is 4.04. The van der Waals surface area contributed by atoms with Gasteiger partial charge in [0.15, 0.2) is 0 Å². The van der Waals surface area contributed by atoms with Crippen molar-refractivity contribution in [1.82, 2.24) is 0 Å². The lowest BCUT2D eigenvalue weighted by molar-refractivity contribution is 0.479. The van der Waals surface area contributed by atoms with Gasteiger partial charge in [-0.25, -0.2) is 0 Å². The summed E-state index contributed by atoms with van der Waals surface area (Å²) in [7, 11) is 0. The van der Waals surface area contributed by atoms with Gasteiger partial charge in [-0.3, -0.25) is 0 Å². The maximum absolute atomic E-state index is 11.2. The van der Waals surface area contributed by atoms with E-state index in [1.807, 2.05) is 84.9 Å². The summed E-state index contributed by atoms with van der Waals surface area (Å²) in [4.78, 5) is 0. The molecule has 4 aromatic carbocycles. The van der Waals surface area contributed by atoms with Crippen molar-refractivity contribution in [1.29, 1.82) is 0 Å². The van der Waals surface area contributed by atoms with E-state index in [1.54, 1.807) is 0 Å². The van der Waals surface area contributed by atoms with Crippen molar-refractivity contribution in [3.8, 4) is 39.1 Å². The lowest BCUT2D eigenvalue weighted by atomic mass is 9.87. The summed E-state index contributed by atoms with van der Waals surface area (Å²) >= 11 is 0. The molecule has 4 rings (SSSR count). The number of hydrogen-bond donors (Lipinski definition) is 1. The van der Waals surface area contributed by atoms with E-state index in [0.29, 0.717) is 0 Å². The lowest BCUT2D eigenvalue weighted by Crippen LogP contribution is -1.93. The first-order valence-corrected chi connectivity index (χ1v) is 8.98. The van der Waals surface area contributed by atoms with Crippen molar-refractivity contribution >= 4 is 6.08 Å². The minimum atomic E-state index is 0.280. The molecule has 0 radical (unpaired) electrons. The molecule has 0 saturated carbocycles. The van der Waals surface area contributed by atoms with Gasteiger partial charge in [-0.15, -0.1) is 0 Å². The highest BCUT2D eigenvalue weighted by Crippen LogP contribution is 2.45. The van der Waals surface area contributed by atoms with E-state index in [-0.39, 0.29) is 5.75 Å². The number of benzene rings is 4. The molecule has 0 amide bonds. The number of phenolic OH excluding ortho intramolecular Hbond substituents is 1. The quantitative estimate of drug-likeness (QED) is 0.419. The Morgan fingerprint density at radius 1 is 0.593 bits per heavy atom. The largest absolute Gasteiger partial charge is 0.507 e. The minimum Gasteiger partial charge on any atom is -0.507 e. The van der Waals surface area contributed by atoms with Crippen LogP contribution >= 0.6 is 0 Å². The smallest absolute Gasteiger partial charge is 0.131 e. The van der Waals surface area contributed by atoms with Crippen LogP contribution in [0.3, 0.4) is 0 Å². The standard InChI is InChI=1S/C26H20O/c1-2-22-23(19-12-6-3-7-13-19)18-24(20-14-8-4-9-15-20)26(27)25(22)21-16-10-5-11-17-21/h2-18,27H,1H2. The highest BCUT2D eigenvalue weighted by atomic mass is 16.3. The number of hydrogen-bond acceptors (Lipinski definition) is 1. The molecule has 1 N–H and O–H groups in total. The van der Waals surface area contributed by atoms with E-state index in [4.69, 9.17) is 0 Å². The highest BCUT2D eigenvalue weighted by molar-refractivity contribution is 5.95. The minimum absolute atomic E-state index is 0.280. The van der Waals surface area contributed by atoms with Crippen molar-refractivity contribution in [2.24, 2.45) is 0 Å². The van der Waals surface area contributed by atoms with E-state index >= 15 is 0 Å². The average Bonchev–Trinajstić information content (AvgIpc) is 2.75. The highest BCUT2D eigenvalue weighted by Gasteiger charge is 2.19. The fraction of sp³-hybridized carbons (Fsp3) is 0. The summed E-state index contributed by atoms with van der Waals surface area (Å²) in [5.41, 5.74) is 6.68. The van der Waals surface area contributed by atoms with Crippen LogP contribution in [0.4, 0.5) is 0 Å². The first-order chi connectivity index (χ1) is 13.3. The molecule has 0 aromatic heterocycles. The monoisotopic (exact) mass is 348 g/mol. The number of rotatable bonds is 4. The zero-order chi connectivity index (χ0) is 18.6. The van der Waals surface area contributed by atoms with Gasteiger partial charge < -0.3 is 5.11 Å². The third kappa shape index (κ3) is 3.16. The molecular weight excluding hydrogens is 328 g/mol. The summed E-state index contributed by atoms with van der Waals surface area (Å²) in [6, 6.07) is 32.3. The second-order valence-corrected chi connectivity index (χ2v) is 6.41. The Balaban J connectivity index is 2.10. The fourth-order valence-electron chi connectivity index (χ4n) is 3.49. The molecule has 0 fully saturated rings. The van der Waals surface area contributed by atoms with Gasteiger partial charge >= 0.3 is 0 Å². The van der Waals surface area contributed by atoms with Gasteiger partial charge in [0.05, 0.1) is 0 Å². The molecule has 0 unspecified atom stereocenters. The molecule has 0 aliphatic heterocycles. The van der Waals surface area contributed by atoms with Crippen LogP contribution in [-0.2, 0) is 0 Å². The third-order valence-electron chi connectivity index (χ3n) is 4.78. The van der Waals surface area contributed by atoms with Gasteiger partial charge in [-0.1, -0.05) is 104 Å². The second kappa shape index (κ2) is 7.35. The summed E-state index contributed by atoms with van der Waals surface area (Å²) < 4.78 is 0. The second-order valence-electron chi connectivity index (χ2n) is 6.41. The van der Waals surface area contributed by atoms with E-state index < -0.39 is 0 Å². The topological polar surface area (TPSA) is 20.2 Å². The molecule has 1 nitrogen and oxygen atoms in total. The Bertz CT molecular complexity index is 1070. The van der Waals surface area contributed by atoms with Crippen molar-refractivity contribution in [3.05, 3.63) is 109 Å². The zero-order valence-corrected chi connectivity index (χ0v) is 15.0. The van der Waals surface area contributed by atoms with E-state index in [0.717, 1.165) is 38.9 Å². The Morgan fingerprint density at radius 3 is 1.52 bits per heavy atom. The predicted octanol–water partition coefficient (Wildman–Crippen LogP) is 7.04. The normalized spacial score (nSPS) is 10.5. The Kier molecular flexibility index (Phi) is 4.59. The van der Waals surface area contributed by atoms with Crippen LogP contribution in [0.25, 0.3) is 39.5 Å². The summed E-state index contributed by atoms with van der Waals surface area (Å²) in [5, 5.41) is 11.2. The summed E-state index contributed by atoms with van der Waals surface area (Å²) in [5.74, 6) is 0.280. The van der Waals surface area contributed by atoms with Crippen LogP contribution in [0.5, 0.6) is 5.75 Å². The fourth-order valence-corrected chi connectivity index (χ4v) is 3.49. The Labute approximate surface area is 159 Å². The maximum atomic E-state index is 11.2. The summed E-state index contributed by atoms with van der Waals surface area (Å²) in [6.07, 6.45) is 1.83. The Morgan fingerprint density at radius 2 is 1.04 bits per heavy atom. The predicted molar refractivity (Wildman–Crippen MR) is 115 cm³/mol. The maximum Gasteiger partial charge on any atom is 0.131 e. The van der Waals surface area contributed by atoms with E-state index in [2.05, 4.69) is 24.8 Å².